The van der Waals surface area contributed by atoms with Gasteiger partial charge in [-0.1, -0.05) is 35.4 Å². The maximum Gasteiger partial charge on any atom is 0.152 e. The number of anilines is 2. The van der Waals surface area contributed by atoms with Gasteiger partial charge in [-0.25, -0.2) is 9.97 Å². The molecule has 130 valence electrons. The number of aromatic nitrogens is 2. The maximum atomic E-state index is 12.3. The number of allylic oxidation sites excluding steroid dienone is 2. The molecule has 0 aliphatic heterocycles. The van der Waals surface area contributed by atoms with E-state index in [0.29, 0.717) is 16.7 Å². The van der Waals surface area contributed by atoms with E-state index >= 15 is 0 Å². The van der Waals surface area contributed by atoms with Gasteiger partial charge in [0.2, 0.25) is 0 Å². The molecule has 4 nitrogen and oxygen atoms in total. The van der Waals surface area contributed by atoms with Crippen LogP contribution < -0.4 is 10.6 Å². The van der Waals surface area contributed by atoms with Crippen molar-refractivity contribution in [2.45, 2.75) is 27.7 Å². The Morgan fingerprint density at radius 1 is 1.25 bits per heavy atom. The van der Waals surface area contributed by atoms with Crippen LogP contribution in [0.25, 0.3) is 0 Å². The number of para-hydroxylation sites is 1. The minimum Gasteiger partial charge on any atom is -0.338 e. The molecule has 0 spiro atoms. The molecule has 1 aromatic carbocycles. The van der Waals surface area contributed by atoms with E-state index in [1.165, 1.54) is 5.57 Å². The molecule has 0 saturated carbocycles. The molecule has 0 radical (unpaired) electrons. The molecule has 0 fully saturated rings. The lowest BCUT2D eigenvalue weighted by atomic mass is 10.3. The molecular formula is C18H25ClN3OP. The number of hydrogen-bond donors (Lipinski definition) is 1. The first-order valence-corrected chi connectivity index (χ1v) is 10.6. The van der Waals surface area contributed by atoms with Gasteiger partial charge in [0.1, 0.15) is 18.0 Å². The van der Waals surface area contributed by atoms with Gasteiger partial charge in [-0.15, -0.1) is 0 Å². The van der Waals surface area contributed by atoms with Crippen LogP contribution in [0, 0.1) is 6.92 Å². The van der Waals surface area contributed by atoms with E-state index in [1.54, 1.807) is 26.5 Å². The van der Waals surface area contributed by atoms with Crippen LogP contribution in [0.3, 0.4) is 0 Å². The number of aryl methyl sites for hydroxylation is 1. The summed E-state index contributed by atoms with van der Waals surface area (Å²) in [6, 6.07) is 7.46. The topological polar surface area (TPSA) is 54.9 Å². The van der Waals surface area contributed by atoms with Crippen LogP contribution in [-0.2, 0) is 4.57 Å². The molecule has 0 amide bonds. The highest BCUT2D eigenvalue weighted by Crippen LogP contribution is 2.38. The molecule has 1 heterocycles. The first-order valence-electron chi connectivity index (χ1n) is 7.65. The Bertz CT molecular complexity index is 765. The van der Waals surface area contributed by atoms with Crippen LogP contribution in [0.2, 0.25) is 5.02 Å². The Morgan fingerprint density at radius 3 is 2.38 bits per heavy atom. The number of benzene rings is 1. The van der Waals surface area contributed by atoms with E-state index < -0.39 is 7.14 Å². The van der Waals surface area contributed by atoms with Gasteiger partial charge in [-0.3, -0.25) is 0 Å². The lowest BCUT2D eigenvalue weighted by Crippen LogP contribution is -2.10. The third-order valence-corrected chi connectivity index (χ3v) is 5.01. The van der Waals surface area contributed by atoms with Gasteiger partial charge in [0.15, 0.2) is 5.82 Å². The summed E-state index contributed by atoms with van der Waals surface area (Å²) in [6.45, 7) is 11.5. The molecule has 1 N–H and O–H groups in total. The zero-order valence-electron chi connectivity index (χ0n) is 15.1. The van der Waals surface area contributed by atoms with Crippen LogP contribution in [-0.4, -0.2) is 23.3 Å². The van der Waals surface area contributed by atoms with Gasteiger partial charge in [0.25, 0.3) is 0 Å². The number of nitrogens with one attached hydrogen (secondary N) is 1. The summed E-state index contributed by atoms with van der Waals surface area (Å²) in [5, 5.41) is 4.35. The van der Waals surface area contributed by atoms with Gasteiger partial charge in [-0.05, 0) is 53.2 Å². The molecule has 2 rings (SSSR count). The van der Waals surface area contributed by atoms with Crippen LogP contribution in [0.1, 0.15) is 26.6 Å². The first kappa shape index (κ1) is 20.4. The smallest absolute Gasteiger partial charge is 0.152 e. The number of halogens is 1. The van der Waals surface area contributed by atoms with Crippen molar-refractivity contribution in [2.75, 3.05) is 18.6 Å². The number of hydrogen-bond acceptors (Lipinski definition) is 4. The van der Waals surface area contributed by atoms with E-state index in [0.717, 1.165) is 11.0 Å². The molecule has 0 aliphatic rings. The van der Waals surface area contributed by atoms with Gasteiger partial charge in [0.05, 0.1) is 11.9 Å². The van der Waals surface area contributed by atoms with Crippen molar-refractivity contribution >= 4 is 35.6 Å². The highest BCUT2D eigenvalue weighted by atomic mass is 35.5. The van der Waals surface area contributed by atoms with Crippen molar-refractivity contribution < 1.29 is 4.57 Å². The Hall–Kier alpha value is -1.64. The third kappa shape index (κ3) is 6.46. The van der Waals surface area contributed by atoms with Crippen molar-refractivity contribution in [1.29, 1.82) is 0 Å². The van der Waals surface area contributed by atoms with Crippen molar-refractivity contribution in [1.82, 2.24) is 9.97 Å². The second-order valence-electron chi connectivity index (χ2n) is 5.97. The predicted molar refractivity (Wildman–Crippen MR) is 106 cm³/mol. The standard InChI is InChI=1S/C13H15ClN3OP.C5H10/c1-9-15-8-10(14)13(16-9)17-11-6-4-5-7-12(11)19(2,3)18;1-4-5(2)3/h4-8H,1-3H3,(H,15,16,17);4H,1-3H3. The fourth-order valence-corrected chi connectivity index (χ4v) is 3.01. The van der Waals surface area contributed by atoms with Crippen LogP contribution in [0.4, 0.5) is 11.5 Å². The van der Waals surface area contributed by atoms with Gasteiger partial charge >= 0.3 is 0 Å². The van der Waals surface area contributed by atoms with Gasteiger partial charge in [0, 0.05) is 5.30 Å². The zero-order valence-corrected chi connectivity index (χ0v) is 16.7. The van der Waals surface area contributed by atoms with E-state index in [1.807, 2.05) is 31.2 Å². The lowest BCUT2D eigenvalue weighted by Gasteiger charge is -2.15. The Labute approximate surface area is 149 Å². The first-order chi connectivity index (χ1) is 11.1. The van der Waals surface area contributed by atoms with E-state index in [9.17, 15) is 4.57 Å². The average Bonchev–Trinajstić information content (AvgIpc) is 2.51. The highest BCUT2D eigenvalue weighted by Gasteiger charge is 2.16. The molecule has 0 atom stereocenters. The van der Waals surface area contributed by atoms with Crippen molar-refractivity contribution in [3.63, 3.8) is 0 Å². The normalized spacial score (nSPS) is 10.5. The SMILES string of the molecule is CC=C(C)C.Cc1ncc(Cl)c(Nc2ccccc2P(C)(C)=O)n1. The van der Waals surface area contributed by atoms with Crippen molar-refractivity contribution in [2.24, 2.45) is 0 Å². The third-order valence-electron chi connectivity index (χ3n) is 3.18. The molecule has 24 heavy (non-hydrogen) atoms. The monoisotopic (exact) mass is 365 g/mol. The zero-order chi connectivity index (χ0) is 18.3. The Balaban J connectivity index is 0.000000505. The predicted octanol–water partition coefficient (Wildman–Crippen LogP) is 5.40. The van der Waals surface area contributed by atoms with E-state index in [4.69, 9.17) is 11.6 Å². The minimum atomic E-state index is -2.37. The molecule has 0 bridgehead atoms. The fourth-order valence-electron chi connectivity index (χ4n) is 1.72. The molecule has 0 unspecified atom stereocenters. The average molecular weight is 366 g/mol. The molecule has 2 aromatic rings. The second kappa shape index (κ2) is 9.00. The van der Waals surface area contributed by atoms with Crippen molar-refractivity contribution in [3.8, 4) is 0 Å². The highest BCUT2D eigenvalue weighted by molar-refractivity contribution is 7.70. The molecule has 6 heteroatoms. The molecular weight excluding hydrogens is 341 g/mol. The summed E-state index contributed by atoms with van der Waals surface area (Å²) >= 11 is 6.06. The quantitative estimate of drug-likeness (QED) is 0.584. The summed E-state index contributed by atoms with van der Waals surface area (Å²) < 4.78 is 12.3. The Morgan fingerprint density at radius 2 is 1.83 bits per heavy atom. The fraction of sp³-hybridized carbons (Fsp3) is 0.333. The van der Waals surface area contributed by atoms with Crippen molar-refractivity contribution in [3.05, 3.63) is 53.0 Å². The number of rotatable bonds is 3. The summed E-state index contributed by atoms with van der Waals surface area (Å²) in [7, 11) is -2.37. The summed E-state index contributed by atoms with van der Waals surface area (Å²) in [4.78, 5) is 8.26. The Kier molecular flexibility index (Phi) is 7.65. The second-order valence-corrected chi connectivity index (χ2v) is 9.56. The van der Waals surface area contributed by atoms with Gasteiger partial charge in [-0.2, -0.15) is 0 Å². The van der Waals surface area contributed by atoms with Crippen LogP contribution >= 0.6 is 18.7 Å². The molecule has 1 aromatic heterocycles. The maximum absolute atomic E-state index is 12.3. The van der Waals surface area contributed by atoms with E-state index in [-0.39, 0.29) is 0 Å². The number of nitrogens with zero attached hydrogens (tertiary/aromatic N) is 2. The summed E-state index contributed by atoms with van der Waals surface area (Å²) in [6.07, 6.45) is 3.63. The largest absolute Gasteiger partial charge is 0.338 e. The lowest BCUT2D eigenvalue weighted by molar-refractivity contribution is 0.588. The summed E-state index contributed by atoms with van der Waals surface area (Å²) in [5.41, 5.74) is 2.14. The summed E-state index contributed by atoms with van der Waals surface area (Å²) in [5.74, 6) is 1.15. The molecule has 0 aliphatic carbocycles. The molecule has 0 saturated heterocycles. The van der Waals surface area contributed by atoms with E-state index in [2.05, 4.69) is 35.2 Å². The van der Waals surface area contributed by atoms with Gasteiger partial charge < -0.3 is 9.88 Å². The van der Waals surface area contributed by atoms with Crippen LogP contribution in [0.5, 0.6) is 0 Å². The minimum absolute atomic E-state index is 0.433. The van der Waals surface area contributed by atoms with Crippen LogP contribution in [0.15, 0.2) is 42.1 Å².